The third-order valence-corrected chi connectivity index (χ3v) is 5.04. The molecule has 1 fully saturated rings. The van der Waals surface area contributed by atoms with E-state index in [9.17, 15) is 4.39 Å². The first-order valence-electron chi connectivity index (χ1n) is 9.40. The Morgan fingerprint density at radius 3 is 2.27 bits per heavy atom. The van der Waals surface area contributed by atoms with E-state index in [2.05, 4.69) is 12.1 Å². The molecule has 0 radical (unpaired) electrons. The number of hydrogen-bond donors (Lipinski definition) is 2. The first kappa shape index (κ1) is 18.7. The van der Waals surface area contributed by atoms with Crippen LogP contribution < -0.4 is 19.3 Å². The van der Waals surface area contributed by atoms with Crippen LogP contribution in [0.3, 0.4) is 0 Å². The van der Waals surface area contributed by atoms with E-state index < -0.39 is 0 Å². The summed E-state index contributed by atoms with van der Waals surface area (Å²) in [6, 6.07) is 13.3. The summed E-state index contributed by atoms with van der Waals surface area (Å²) in [7, 11) is 1.67. The van der Waals surface area contributed by atoms with E-state index in [1.54, 1.807) is 24.1 Å². The minimum Gasteiger partial charge on any atom is -0.493 e. The van der Waals surface area contributed by atoms with Crippen molar-refractivity contribution in [3.8, 4) is 11.5 Å². The maximum atomic E-state index is 13.8. The van der Waals surface area contributed by atoms with Crippen LogP contribution in [0.15, 0.2) is 42.5 Å². The number of halogens is 1. The topological polar surface area (TPSA) is 27.3 Å². The molecule has 26 heavy (non-hydrogen) atoms. The highest BCUT2D eigenvalue weighted by atomic mass is 19.1. The second-order valence-corrected chi connectivity index (χ2v) is 6.86. The zero-order valence-electron chi connectivity index (χ0n) is 15.7. The van der Waals surface area contributed by atoms with Crippen molar-refractivity contribution >= 4 is 0 Å². The fraction of sp³-hybridized carbons (Fsp3) is 0.429. The summed E-state index contributed by atoms with van der Waals surface area (Å²) in [4.78, 5) is 3.03. The highest BCUT2D eigenvalue weighted by Crippen LogP contribution is 2.27. The van der Waals surface area contributed by atoms with Gasteiger partial charge in [-0.25, -0.2) is 4.39 Å². The molecule has 2 N–H and O–H groups in total. The lowest BCUT2D eigenvalue weighted by atomic mass is 10.1. The molecule has 0 unspecified atom stereocenters. The van der Waals surface area contributed by atoms with E-state index in [1.807, 2.05) is 25.1 Å². The van der Waals surface area contributed by atoms with Crippen LogP contribution in [0.1, 0.15) is 18.1 Å². The summed E-state index contributed by atoms with van der Waals surface area (Å²) in [6.45, 7) is 8.70. The van der Waals surface area contributed by atoms with E-state index in [4.69, 9.17) is 9.47 Å². The van der Waals surface area contributed by atoms with Gasteiger partial charge in [0.1, 0.15) is 45.1 Å². The Labute approximate surface area is 155 Å². The number of methoxy groups -OCH3 is 1. The molecule has 0 aliphatic carbocycles. The molecule has 0 spiro atoms. The van der Waals surface area contributed by atoms with Crippen molar-refractivity contribution in [3.05, 3.63) is 59.4 Å². The van der Waals surface area contributed by atoms with Gasteiger partial charge >= 0.3 is 0 Å². The third-order valence-electron chi connectivity index (χ3n) is 5.04. The van der Waals surface area contributed by atoms with Crippen LogP contribution in [0.2, 0.25) is 0 Å². The van der Waals surface area contributed by atoms with Crippen LogP contribution in [-0.2, 0) is 13.1 Å². The summed E-state index contributed by atoms with van der Waals surface area (Å²) in [6.07, 6.45) is 0. The minimum atomic E-state index is -0.0866. The molecule has 0 bridgehead atoms. The molecule has 0 atom stereocenters. The van der Waals surface area contributed by atoms with Gasteiger partial charge in [0.15, 0.2) is 11.5 Å². The maximum Gasteiger partial charge on any atom is 0.161 e. The number of benzene rings is 2. The van der Waals surface area contributed by atoms with Crippen molar-refractivity contribution in [1.82, 2.24) is 0 Å². The Morgan fingerprint density at radius 2 is 1.62 bits per heavy atom. The molecular formula is C21H29FN2O2+2. The van der Waals surface area contributed by atoms with Crippen LogP contribution in [0.4, 0.5) is 4.39 Å². The van der Waals surface area contributed by atoms with Gasteiger partial charge in [-0.2, -0.15) is 0 Å². The van der Waals surface area contributed by atoms with Gasteiger partial charge in [-0.05, 0) is 31.2 Å². The Hall–Kier alpha value is -2.11. The number of hydrogen-bond acceptors (Lipinski definition) is 2. The number of quaternary nitrogens is 2. The second-order valence-electron chi connectivity index (χ2n) is 6.86. The summed E-state index contributed by atoms with van der Waals surface area (Å²) in [5, 5.41) is 0. The molecule has 0 saturated carbocycles. The molecule has 2 aromatic rings. The van der Waals surface area contributed by atoms with Crippen LogP contribution in [0.5, 0.6) is 11.5 Å². The monoisotopic (exact) mass is 360 g/mol. The van der Waals surface area contributed by atoms with Gasteiger partial charge in [-0.1, -0.05) is 18.2 Å². The smallest absolute Gasteiger partial charge is 0.161 e. The average molecular weight is 360 g/mol. The minimum absolute atomic E-state index is 0.0866. The quantitative estimate of drug-likeness (QED) is 0.761. The normalized spacial score (nSPS) is 20.0. The first-order chi connectivity index (χ1) is 12.7. The molecule has 1 aliphatic heterocycles. The molecule has 1 aliphatic rings. The van der Waals surface area contributed by atoms with Gasteiger partial charge in [0, 0.05) is 11.1 Å². The molecule has 1 heterocycles. The number of piperazine rings is 1. The van der Waals surface area contributed by atoms with Crippen LogP contribution in [0, 0.1) is 5.82 Å². The zero-order valence-corrected chi connectivity index (χ0v) is 15.7. The predicted octanol–water partition coefficient (Wildman–Crippen LogP) is 0.717. The number of nitrogens with one attached hydrogen (secondary N) is 2. The fourth-order valence-corrected chi connectivity index (χ4v) is 3.61. The highest BCUT2D eigenvalue weighted by Gasteiger charge is 2.24. The largest absolute Gasteiger partial charge is 0.493 e. The van der Waals surface area contributed by atoms with Crippen molar-refractivity contribution in [2.45, 2.75) is 20.0 Å². The standard InChI is InChI=1S/C21H27FN2O2/c1-3-26-21-14-17(8-9-20(21)25-2)15-23-10-12-24(13-11-23)16-18-6-4-5-7-19(18)22/h4-9,14H,3,10-13,15-16H2,1-2H3/p+2. The summed E-state index contributed by atoms with van der Waals surface area (Å²) >= 11 is 0. The lowest BCUT2D eigenvalue weighted by molar-refractivity contribution is -1.02. The van der Waals surface area contributed by atoms with E-state index in [0.29, 0.717) is 6.61 Å². The highest BCUT2D eigenvalue weighted by molar-refractivity contribution is 5.42. The van der Waals surface area contributed by atoms with Crippen LogP contribution >= 0.6 is 0 Å². The predicted molar refractivity (Wildman–Crippen MR) is 99.4 cm³/mol. The van der Waals surface area contributed by atoms with Crippen molar-refractivity contribution < 1.29 is 23.7 Å². The lowest BCUT2D eigenvalue weighted by Crippen LogP contribution is -3.27. The zero-order chi connectivity index (χ0) is 18.4. The van der Waals surface area contributed by atoms with E-state index in [-0.39, 0.29) is 5.82 Å². The molecule has 4 nitrogen and oxygen atoms in total. The molecule has 140 valence electrons. The SMILES string of the molecule is CCOc1cc(C[NH+]2CC[NH+](Cc3ccccc3F)CC2)ccc1OC. The molecule has 1 saturated heterocycles. The summed E-state index contributed by atoms with van der Waals surface area (Å²) in [5.41, 5.74) is 2.09. The number of rotatable bonds is 7. The summed E-state index contributed by atoms with van der Waals surface area (Å²) < 4.78 is 24.9. The van der Waals surface area contributed by atoms with Gasteiger partial charge in [0.25, 0.3) is 0 Å². The molecule has 0 amide bonds. The fourth-order valence-electron chi connectivity index (χ4n) is 3.61. The Balaban J connectivity index is 1.54. The van der Waals surface area contributed by atoms with E-state index in [0.717, 1.165) is 56.3 Å². The van der Waals surface area contributed by atoms with Gasteiger partial charge in [0.05, 0.1) is 13.7 Å². The maximum absolute atomic E-state index is 13.8. The molecule has 3 rings (SSSR count). The summed E-state index contributed by atoms with van der Waals surface area (Å²) in [5.74, 6) is 1.51. The Bertz CT molecular complexity index is 715. The van der Waals surface area contributed by atoms with Gasteiger partial charge in [0.2, 0.25) is 0 Å². The van der Waals surface area contributed by atoms with Crippen LogP contribution in [-0.4, -0.2) is 39.9 Å². The van der Waals surface area contributed by atoms with Gasteiger partial charge in [-0.15, -0.1) is 0 Å². The van der Waals surface area contributed by atoms with Gasteiger partial charge in [-0.3, -0.25) is 0 Å². The molecule has 0 aromatic heterocycles. The first-order valence-corrected chi connectivity index (χ1v) is 9.40. The van der Waals surface area contributed by atoms with E-state index >= 15 is 0 Å². The lowest BCUT2D eigenvalue weighted by Gasteiger charge is -2.30. The third kappa shape index (κ3) is 4.74. The molecule has 5 heteroatoms. The molecular weight excluding hydrogens is 331 g/mol. The Morgan fingerprint density at radius 1 is 0.923 bits per heavy atom. The van der Waals surface area contributed by atoms with E-state index in [1.165, 1.54) is 10.5 Å². The van der Waals surface area contributed by atoms with Crippen molar-refractivity contribution in [2.75, 3.05) is 39.9 Å². The molecule has 2 aromatic carbocycles. The van der Waals surface area contributed by atoms with Crippen LogP contribution in [0.25, 0.3) is 0 Å². The second kappa shape index (κ2) is 9.01. The van der Waals surface area contributed by atoms with Crippen molar-refractivity contribution in [1.29, 1.82) is 0 Å². The van der Waals surface area contributed by atoms with Gasteiger partial charge < -0.3 is 19.3 Å². The number of ether oxygens (including phenoxy) is 2. The average Bonchev–Trinajstić information content (AvgIpc) is 2.66. The van der Waals surface area contributed by atoms with Crippen molar-refractivity contribution in [3.63, 3.8) is 0 Å². The Kier molecular flexibility index (Phi) is 6.47. The van der Waals surface area contributed by atoms with Crippen molar-refractivity contribution in [2.24, 2.45) is 0 Å².